The summed E-state index contributed by atoms with van der Waals surface area (Å²) in [6.45, 7) is 4.19. The molecule has 1 saturated carbocycles. The van der Waals surface area contributed by atoms with E-state index in [0.717, 1.165) is 18.5 Å². The highest BCUT2D eigenvalue weighted by Crippen LogP contribution is 2.27. The smallest absolute Gasteiger partial charge is 0.0622 e. The molecule has 2 N–H and O–H groups in total. The third-order valence-electron chi connectivity index (χ3n) is 3.28. The molecule has 3 heteroatoms. The normalized spacial score (nSPS) is 27.9. The SMILES string of the molecule is Cc1cn([C@H]2CC[C@H](N)CC2)nc1C. The van der Waals surface area contributed by atoms with Gasteiger partial charge in [-0.2, -0.15) is 5.10 Å². The first-order valence-electron chi connectivity index (χ1n) is 5.45. The Balaban J connectivity index is 2.08. The van der Waals surface area contributed by atoms with Gasteiger partial charge in [0.15, 0.2) is 0 Å². The molecule has 78 valence electrons. The van der Waals surface area contributed by atoms with Gasteiger partial charge in [-0.05, 0) is 45.1 Å². The van der Waals surface area contributed by atoms with Crippen molar-refractivity contribution >= 4 is 0 Å². The van der Waals surface area contributed by atoms with Crippen molar-refractivity contribution in [1.29, 1.82) is 0 Å². The number of nitrogens with two attached hydrogens (primary N) is 1. The van der Waals surface area contributed by atoms with Crippen LogP contribution in [0.3, 0.4) is 0 Å². The Bertz CT molecular complexity index is 289. The summed E-state index contributed by atoms with van der Waals surface area (Å²) in [5.41, 5.74) is 8.32. The molecule has 0 radical (unpaired) electrons. The summed E-state index contributed by atoms with van der Waals surface area (Å²) in [6, 6.07) is 1.01. The molecule has 1 fully saturated rings. The number of nitrogens with zero attached hydrogens (tertiary/aromatic N) is 2. The summed E-state index contributed by atoms with van der Waals surface area (Å²) in [4.78, 5) is 0. The minimum atomic E-state index is 0.420. The molecular weight excluding hydrogens is 174 g/mol. The first-order chi connectivity index (χ1) is 6.66. The van der Waals surface area contributed by atoms with Gasteiger partial charge in [-0.1, -0.05) is 0 Å². The fraction of sp³-hybridized carbons (Fsp3) is 0.727. The number of aryl methyl sites for hydroxylation is 2. The fourth-order valence-electron chi connectivity index (χ4n) is 2.13. The van der Waals surface area contributed by atoms with Crippen molar-refractivity contribution in [3.63, 3.8) is 0 Å². The summed E-state index contributed by atoms with van der Waals surface area (Å²) in [6.07, 6.45) is 6.81. The van der Waals surface area contributed by atoms with Gasteiger partial charge in [-0.3, -0.25) is 4.68 Å². The van der Waals surface area contributed by atoms with Crippen LogP contribution >= 0.6 is 0 Å². The first kappa shape index (κ1) is 9.71. The van der Waals surface area contributed by atoms with E-state index >= 15 is 0 Å². The third kappa shape index (κ3) is 1.82. The molecule has 0 unspecified atom stereocenters. The lowest BCUT2D eigenvalue weighted by molar-refractivity contribution is 0.303. The van der Waals surface area contributed by atoms with E-state index in [0.29, 0.717) is 12.1 Å². The monoisotopic (exact) mass is 193 g/mol. The van der Waals surface area contributed by atoms with Crippen molar-refractivity contribution in [3.05, 3.63) is 17.5 Å². The van der Waals surface area contributed by atoms with E-state index in [1.807, 2.05) is 0 Å². The predicted molar refractivity (Wildman–Crippen MR) is 57.2 cm³/mol. The Morgan fingerprint density at radius 1 is 1.29 bits per heavy atom. The third-order valence-corrected chi connectivity index (χ3v) is 3.28. The molecule has 0 saturated heterocycles. The highest BCUT2D eigenvalue weighted by molar-refractivity contribution is 5.12. The van der Waals surface area contributed by atoms with Crippen LogP contribution in [0.25, 0.3) is 0 Å². The average molecular weight is 193 g/mol. The highest BCUT2D eigenvalue weighted by Gasteiger charge is 2.20. The molecule has 1 aromatic rings. The minimum Gasteiger partial charge on any atom is -0.328 e. The van der Waals surface area contributed by atoms with Gasteiger partial charge in [0.05, 0.1) is 11.7 Å². The van der Waals surface area contributed by atoms with Crippen molar-refractivity contribution in [3.8, 4) is 0 Å². The molecule has 1 aromatic heterocycles. The van der Waals surface area contributed by atoms with Crippen molar-refractivity contribution in [2.24, 2.45) is 5.73 Å². The predicted octanol–water partition coefficient (Wildman–Crippen LogP) is 1.94. The van der Waals surface area contributed by atoms with E-state index < -0.39 is 0 Å². The molecule has 0 aromatic carbocycles. The summed E-state index contributed by atoms with van der Waals surface area (Å²) in [7, 11) is 0. The second-order valence-corrected chi connectivity index (χ2v) is 4.45. The Morgan fingerprint density at radius 2 is 1.93 bits per heavy atom. The van der Waals surface area contributed by atoms with Gasteiger partial charge in [-0.15, -0.1) is 0 Å². The number of hydrogen-bond acceptors (Lipinski definition) is 2. The number of hydrogen-bond donors (Lipinski definition) is 1. The van der Waals surface area contributed by atoms with Crippen LogP contribution in [0.2, 0.25) is 0 Å². The van der Waals surface area contributed by atoms with Gasteiger partial charge < -0.3 is 5.73 Å². The second-order valence-electron chi connectivity index (χ2n) is 4.45. The van der Waals surface area contributed by atoms with Gasteiger partial charge in [-0.25, -0.2) is 0 Å². The number of rotatable bonds is 1. The molecular formula is C11H19N3. The summed E-state index contributed by atoms with van der Waals surface area (Å²) in [5, 5.41) is 4.53. The van der Waals surface area contributed by atoms with Gasteiger partial charge in [0, 0.05) is 12.2 Å². The molecule has 0 aliphatic heterocycles. The molecule has 14 heavy (non-hydrogen) atoms. The van der Waals surface area contributed by atoms with Crippen molar-refractivity contribution in [1.82, 2.24) is 9.78 Å². The lowest BCUT2D eigenvalue weighted by Crippen LogP contribution is -2.28. The molecule has 1 heterocycles. The van der Waals surface area contributed by atoms with E-state index in [-0.39, 0.29) is 0 Å². The van der Waals surface area contributed by atoms with Crippen LogP contribution in [0.5, 0.6) is 0 Å². The van der Waals surface area contributed by atoms with Crippen molar-refractivity contribution in [2.75, 3.05) is 0 Å². The van der Waals surface area contributed by atoms with Crippen LogP contribution in [0, 0.1) is 13.8 Å². The molecule has 0 amide bonds. The van der Waals surface area contributed by atoms with Crippen molar-refractivity contribution < 1.29 is 0 Å². The fourth-order valence-corrected chi connectivity index (χ4v) is 2.13. The molecule has 3 nitrogen and oxygen atoms in total. The van der Waals surface area contributed by atoms with E-state index in [4.69, 9.17) is 5.73 Å². The summed E-state index contributed by atoms with van der Waals surface area (Å²) < 4.78 is 2.14. The second kappa shape index (κ2) is 3.73. The van der Waals surface area contributed by atoms with Crippen molar-refractivity contribution in [2.45, 2.75) is 51.6 Å². The number of aromatic nitrogens is 2. The molecule has 0 bridgehead atoms. The standard InChI is InChI=1S/C11H19N3/c1-8-7-14(13-9(8)2)11-5-3-10(12)4-6-11/h7,10-11H,3-6,12H2,1-2H3/t10-,11-. The maximum absolute atomic E-state index is 5.88. The zero-order valence-electron chi connectivity index (χ0n) is 9.03. The van der Waals surface area contributed by atoms with Crippen LogP contribution in [-0.2, 0) is 0 Å². The van der Waals surface area contributed by atoms with E-state index in [1.54, 1.807) is 0 Å². The zero-order valence-corrected chi connectivity index (χ0v) is 9.03. The highest BCUT2D eigenvalue weighted by atomic mass is 15.3. The molecule has 1 aliphatic rings. The van der Waals surface area contributed by atoms with E-state index in [1.165, 1.54) is 18.4 Å². The molecule has 2 rings (SSSR count). The largest absolute Gasteiger partial charge is 0.328 e. The van der Waals surface area contributed by atoms with Crippen LogP contribution in [0.15, 0.2) is 6.20 Å². The van der Waals surface area contributed by atoms with E-state index in [2.05, 4.69) is 29.8 Å². The molecule has 1 aliphatic carbocycles. The average Bonchev–Trinajstić information content (AvgIpc) is 2.48. The van der Waals surface area contributed by atoms with Crippen LogP contribution in [-0.4, -0.2) is 15.8 Å². The van der Waals surface area contributed by atoms with Crippen LogP contribution in [0.1, 0.15) is 43.0 Å². The maximum atomic E-state index is 5.88. The maximum Gasteiger partial charge on any atom is 0.0622 e. The first-order valence-corrected chi connectivity index (χ1v) is 5.45. The lowest BCUT2D eigenvalue weighted by Gasteiger charge is -2.26. The molecule has 0 spiro atoms. The topological polar surface area (TPSA) is 43.8 Å². The Kier molecular flexibility index (Phi) is 2.59. The zero-order chi connectivity index (χ0) is 10.1. The van der Waals surface area contributed by atoms with Crippen LogP contribution in [0.4, 0.5) is 0 Å². The van der Waals surface area contributed by atoms with Gasteiger partial charge >= 0.3 is 0 Å². The Labute approximate surface area is 85.3 Å². The van der Waals surface area contributed by atoms with Gasteiger partial charge in [0.1, 0.15) is 0 Å². The van der Waals surface area contributed by atoms with Crippen LogP contribution < -0.4 is 5.73 Å². The van der Waals surface area contributed by atoms with Gasteiger partial charge in [0.25, 0.3) is 0 Å². The molecule has 0 atom stereocenters. The Hall–Kier alpha value is -0.830. The van der Waals surface area contributed by atoms with Gasteiger partial charge in [0.2, 0.25) is 0 Å². The Morgan fingerprint density at radius 3 is 2.43 bits per heavy atom. The minimum absolute atomic E-state index is 0.420. The summed E-state index contributed by atoms with van der Waals surface area (Å²) in [5.74, 6) is 0. The van der Waals surface area contributed by atoms with E-state index in [9.17, 15) is 0 Å². The lowest BCUT2D eigenvalue weighted by atomic mass is 9.92. The quantitative estimate of drug-likeness (QED) is 0.740. The summed E-state index contributed by atoms with van der Waals surface area (Å²) >= 11 is 0.